The number of hydrogen-bond donors (Lipinski definition) is 2. The average Bonchev–Trinajstić information content (AvgIpc) is 3.24. The number of aryl methyl sites for hydroxylation is 1. The largest absolute Gasteiger partial charge is 0.468 e. The maximum atomic E-state index is 12.4. The van der Waals surface area contributed by atoms with Crippen LogP contribution in [-0.2, 0) is 26.6 Å². The van der Waals surface area contributed by atoms with Crippen LogP contribution in [0, 0.1) is 6.92 Å². The van der Waals surface area contributed by atoms with Gasteiger partial charge in [-0.1, -0.05) is 6.07 Å². The number of sulfonamides is 2. The number of anilines is 1. The van der Waals surface area contributed by atoms with Crippen LogP contribution in [-0.4, -0.2) is 16.8 Å². The van der Waals surface area contributed by atoms with Gasteiger partial charge in [0.25, 0.3) is 10.0 Å². The van der Waals surface area contributed by atoms with E-state index in [1.165, 1.54) is 36.6 Å². The summed E-state index contributed by atoms with van der Waals surface area (Å²) < 4.78 is 59.6. The second-order valence-electron chi connectivity index (χ2n) is 5.40. The molecule has 7 nitrogen and oxygen atoms in total. The fourth-order valence-corrected chi connectivity index (χ4v) is 5.52. The molecule has 0 amide bonds. The van der Waals surface area contributed by atoms with E-state index >= 15 is 0 Å². The highest BCUT2D eigenvalue weighted by Gasteiger charge is 2.19. The number of benzene rings is 1. The summed E-state index contributed by atoms with van der Waals surface area (Å²) in [5.41, 5.74) is 0.164. The van der Waals surface area contributed by atoms with Crippen molar-refractivity contribution in [1.82, 2.24) is 4.72 Å². The Morgan fingerprint density at radius 2 is 1.81 bits per heavy atom. The van der Waals surface area contributed by atoms with Crippen LogP contribution in [0.2, 0.25) is 0 Å². The van der Waals surface area contributed by atoms with Crippen LogP contribution >= 0.6 is 11.3 Å². The second-order valence-corrected chi connectivity index (χ2v) is 10.4. The van der Waals surface area contributed by atoms with Gasteiger partial charge >= 0.3 is 0 Å². The minimum Gasteiger partial charge on any atom is -0.468 e. The van der Waals surface area contributed by atoms with E-state index in [0.29, 0.717) is 5.76 Å². The Morgan fingerprint density at radius 1 is 1.00 bits per heavy atom. The molecule has 1 aromatic carbocycles. The van der Waals surface area contributed by atoms with Crippen molar-refractivity contribution in [2.24, 2.45) is 0 Å². The summed E-state index contributed by atoms with van der Waals surface area (Å²) in [5, 5.41) is 0. The van der Waals surface area contributed by atoms with Crippen molar-refractivity contribution in [1.29, 1.82) is 0 Å². The molecule has 26 heavy (non-hydrogen) atoms. The van der Waals surface area contributed by atoms with Crippen LogP contribution in [0.4, 0.5) is 5.69 Å². The lowest BCUT2D eigenvalue weighted by atomic mass is 10.3. The van der Waals surface area contributed by atoms with Gasteiger partial charge in [-0.15, -0.1) is 11.3 Å². The van der Waals surface area contributed by atoms with Gasteiger partial charge < -0.3 is 4.42 Å². The van der Waals surface area contributed by atoms with Gasteiger partial charge in [0.1, 0.15) is 9.97 Å². The zero-order valence-corrected chi connectivity index (χ0v) is 16.1. The molecule has 0 saturated heterocycles. The molecule has 0 atom stereocenters. The number of thiophene rings is 1. The van der Waals surface area contributed by atoms with Crippen LogP contribution in [0.25, 0.3) is 0 Å². The van der Waals surface area contributed by atoms with Gasteiger partial charge in [0.05, 0.1) is 23.4 Å². The molecule has 2 N–H and O–H groups in total. The highest BCUT2D eigenvalue weighted by Crippen LogP contribution is 2.24. The summed E-state index contributed by atoms with van der Waals surface area (Å²) in [4.78, 5) is 0.815. The molecule has 10 heteroatoms. The van der Waals surface area contributed by atoms with E-state index in [1.54, 1.807) is 18.2 Å². The maximum Gasteiger partial charge on any atom is 0.271 e. The quantitative estimate of drug-likeness (QED) is 0.621. The molecule has 0 fully saturated rings. The SMILES string of the molecule is Cc1ccc(S(=O)(=O)Nc2cccc(S(=O)(=O)NCc3ccco3)c2)s1. The molecule has 0 bridgehead atoms. The van der Waals surface area contributed by atoms with Crippen molar-refractivity contribution in [3.8, 4) is 0 Å². The van der Waals surface area contributed by atoms with E-state index in [0.717, 1.165) is 16.2 Å². The summed E-state index contributed by atoms with van der Waals surface area (Å²) in [6.45, 7) is 1.81. The molecular weight excluding hydrogens is 396 g/mol. The summed E-state index contributed by atoms with van der Waals surface area (Å²) in [7, 11) is -7.58. The second kappa shape index (κ2) is 7.23. The van der Waals surface area contributed by atoms with Crippen molar-refractivity contribution < 1.29 is 21.3 Å². The van der Waals surface area contributed by atoms with Crippen molar-refractivity contribution in [2.45, 2.75) is 22.6 Å². The van der Waals surface area contributed by atoms with Crippen molar-refractivity contribution in [2.75, 3.05) is 4.72 Å². The first-order valence-electron chi connectivity index (χ1n) is 7.48. The van der Waals surface area contributed by atoms with E-state index in [9.17, 15) is 16.8 Å². The Balaban J connectivity index is 1.79. The van der Waals surface area contributed by atoms with Gasteiger partial charge in [0, 0.05) is 4.88 Å². The molecule has 2 aromatic heterocycles. The Bertz CT molecular complexity index is 1100. The first kappa shape index (κ1) is 18.6. The van der Waals surface area contributed by atoms with Gasteiger partial charge in [0.2, 0.25) is 10.0 Å². The lowest BCUT2D eigenvalue weighted by Gasteiger charge is -2.09. The van der Waals surface area contributed by atoms with Crippen molar-refractivity contribution in [3.05, 3.63) is 65.4 Å². The predicted octanol–water partition coefficient (Wildman–Crippen LogP) is 2.93. The average molecular weight is 413 g/mol. The smallest absolute Gasteiger partial charge is 0.271 e. The summed E-state index contributed by atoms with van der Waals surface area (Å²) in [5.74, 6) is 0.471. The van der Waals surface area contributed by atoms with Gasteiger partial charge in [0.15, 0.2) is 0 Å². The Morgan fingerprint density at radius 3 is 2.46 bits per heavy atom. The number of hydrogen-bond acceptors (Lipinski definition) is 6. The molecule has 0 spiro atoms. The van der Waals surface area contributed by atoms with E-state index in [4.69, 9.17) is 4.42 Å². The first-order chi connectivity index (χ1) is 12.3. The van der Waals surface area contributed by atoms with Gasteiger partial charge in [-0.05, 0) is 49.4 Å². The van der Waals surface area contributed by atoms with Crippen LogP contribution in [0.3, 0.4) is 0 Å². The van der Waals surface area contributed by atoms with Crippen LogP contribution in [0.1, 0.15) is 10.6 Å². The monoisotopic (exact) mass is 412 g/mol. The lowest BCUT2D eigenvalue weighted by Crippen LogP contribution is -2.23. The predicted molar refractivity (Wildman–Crippen MR) is 99.0 cm³/mol. The van der Waals surface area contributed by atoms with Crippen molar-refractivity contribution in [3.63, 3.8) is 0 Å². The first-order valence-corrected chi connectivity index (χ1v) is 11.3. The molecule has 0 aliphatic carbocycles. The van der Waals surface area contributed by atoms with Gasteiger partial charge in [-0.2, -0.15) is 0 Å². The standard InChI is InChI=1S/C16H16N2O5S3/c1-12-7-8-16(24-12)26(21,22)18-13-4-2-6-15(10-13)25(19,20)17-11-14-5-3-9-23-14/h2-10,17-18H,11H2,1H3. The summed E-state index contributed by atoms with van der Waals surface area (Å²) in [6.07, 6.45) is 1.45. The van der Waals surface area contributed by atoms with Crippen LogP contribution < -0.4 is 9.44 Å². The summed E-state index contributed by atoms with van der Waals surface area (Å²) in [6, 6.07) is 12.1. The molecule has 2 heterocycles. The highest BCUT2D eigenvalue weighted by molar-refractivity contribution is 7.94. The number of nitrogens with one attached hydrogen (secondary N) is 2. The molecule has 0 aliphatic heterocycles. The third kappa shape index (κ3) is 4.33. The zero-order valence-electron chi connectivity index (χ0n) is 13.7. The van der Waals surface area contributed by atoms with E-state index in [1.807, 2.05) is 6.92 Å². The Kier molecular flexibility index (Phi) is 5.19. The third-order valence-corrected chi connectivity index (χ3v) is 7.67. The van der Waals surface area contributed by atoms with Gasteiger partial charge in [-0.3, -0.25) is 4.72 Å². The zero-order chi connectivity index (χ0) is 18.8. The molecule has 0 unspecified atom stereocenters. The third-order valence-electron chi connectivity index (χ3n) is 3.39. The Hall–Kier alpha value is -2.14. The van der Waals surface area contributed by atoms with E-state index in [2.05, 4.69) is 9.44 Å². The lowest BCUT2D eigenvalue weighted by molar-refractivity contribution is 0.498. The molecule has 0 saturated carbocycles. The fraction of sp³-hybridized carbons (Fsp3) is 0.125. The molecular formula is C16H16N2O5S3. The Labute approximate surface area is 155 Å². The van der Waals surface area contributed by atoms with Crippen LogP contribution in [0.15, 0.2) is 68.3 Å². The minimum atomic E-state index is -3.82. The van der Waals surface area contributed by atoms with Crippen LogP contribution in [0.5, 0.6) is 0 Å². The molecule has 0 aliphatic rings. The van der Waals surface area contributed by atoms with Crippen molar-refractivity contribution >= 4 is 37.1 Å². The van der Waals surface area contributed by atoms with E-state index in [-0.39, 0.29) is 21.3 Å². The minimum absolute atomic E-state index is 0.000238. The molecule has 138 valence electrons. The number of furan rings is 1. The number of rotatable bonds is 7. The van der Waals surface area contributed by atoms with Gasteiger partial charge in [-0.25, -0.2) is 21.6 Å². The normalized spacial score (nSPS) is 12.2. The highest BCUT2D eigenvalue weighted by atomic mass is 32.2. The maximum absolute atomic E-state index is 12.4. The van der Waals surface area contributed by atoms with E-state index < -0.39 is 20.0 Å². The topological polar surface area (TPSA) is 105 Å². The molecule has 3 rings (SSSR count). The fourth-order valence-electron chi connectivity index (χ4n) is 2.15. The summed E-state index contributed by atoms with van der Waals surface area (Å²) >= 11 is 1.14. The molecule has 3 aromatic rings. The molecule has 0 radical (unpaired) electrons.